The van der Waals surface area contributed by atoms with Crippen LogP contribution in [0.4, 0.5) is 0 Å². The zero-order valence-corrected chi connectivity index (χ0v) is 14.5. The van der Waals surface area contributed by atoms with Gasteiger partial charge in [-0.05, 0) is 16.7 Å². The van der Waals surface area contributed by atoms with Crippen LogP contribution in [0.1, 0.15) is 28.7 Å². The summed E-state index contributed by atoms with van der Waals surface area (Å²) in [7, 11) is 1.79. The maximum absolute atomic E-state index is 12.5. The van der Waals surface area contributed by atoms with Crippen molar-refractivity contribution >= 4 is 5.91 Å². The van der Waals surface area contributed by atoms with Crippen LogP contribution in [0.15, 0.2) is 67.0 Å². The van der Waals surface area contributed by atoms with Gasteiger partial charge in [0.25, 0.3) is 5.91 Å². The van der Waals surface area contributed by atoms with Crippen LogP contribution in [-0.2, 0) is 13.0 Å². The van der Waals surface area contributed by atoms with E-state index in [2.05, 4.69) is 46.4 Å². The quantitative estimate of drug-likeness (QED) is 0.710. The Morgan fingerprint density at radius 2 is 1.52 bits per heavy atom. The average molecular weight is 331 g/mol. The van der Waals surface area contributed by atoms with Crippen molar-refractivity contribution in [2.24, 2.45) is 0 Å². The smallest absolute Gasteiger partial charge is 0.257 e. The topological polar surface area (TPSA) is 46.1 Å². The minimum absolute atomic E-state index is 0.0743. The van der Waals surface area contributed by atoms with Crippen LogP contribution in [-0.4, -0.2) is 27.8 Å². The summed E-state index contributed by atoms with van der Waals surface area (Å²) < 4.78 is 0. The molecule has 0 saturated heterocycles. The van der Waals surface area contributed by atoms with E-state index in [0.29, 0.717) is 12.1 Å². The molecule has 0 saturated carbocycles. The van der Waals surface area contributed by atoms with Crippen LogP contribution in [0.3, 0.4) is 0 Å². The van der Waals surface area contributed by atoms with Gasteiger partial charge in [0, 0.05) is 32.4 Å². The molecule has 2 aromatic carbocycles. The van der Waals surface area contributed by atoms with Crippen molar-refractivity contribution in [3.05, 3.63) is 83.9 Å². The first-order chi connectivity index (χ1) is 12.2. The van der Waals surface area contributed by atoms with E-state index >= 15 is 0 Å². The number of amides is 1. The molecule has 3 rings (SSSR count). The summed E-state index contributed by atoms with van der Waals surface area (Å²) >= 11 is 0. The normalized spacial score (nSPS) is 10.5. The average Bonchev–Trinajstić information content (AvgIpc) is 2.68. The predicted octanol–water partition coefficient (Wildman–Crippen LogP) is 3.98. The summed E-state index contributed by atoms with van der Waals surface area (Å²) in [6, 6.07) is 18.5. The van der Waals surface area contributed by atoms with Crippen molar-refractivity contribution in [2.45, 2.75) is 19.9 Å². The van der Waals surface area contributed by atoms with E-state index in [1.807, 2.05) is 25.1 Å². The lowest BCUT2D eigenvalue weighted by molar-refractivity contribution is 0.0784. The third kappa shape index (κ3) is 4.10. The highest BCUT2D eigenvalue weighted by Gasteiger charge is 2.13. The summed E-state index contributed by atoms with van der Waals surface area (Å²) in [5.41, 5.74) is 3.95. The maximum atomic E-state index is 12.5. The number of aryl methyl sites for hydroxylation is 1. The molecular formula is C21H21N3O. The largest absolute Gasteiger partial charge is 0.337 e. The summed E-state index contributed by atoms with van der Waals surface area (Å²) in [4.78, 5) is 22.6. The van der Waals surface area contributed by atoms with Crippen molar-refractivity contribution in [1.29, 1.82) is 0 Å². The molecule has 0 atom stereocenters. The number of aromatic nitrogens is 2. The predicted molar refractivity (Wildman–Crippen MR) is 99.1 cm³/mol. The van der Waals surface area contributed by atoms with Crippen molar-refractivity contribution in [3.8, 4) is 11.1 Å². The molecule has 0 spiro atoms. The molecule has 0 radical (unpaired) electrons. The van der Waals surface area contributed by atoms with Crippen LogP contribution in [0.25, 0.3) is 11.1 Å². The molecule has 0 aliphatic heterocycles. The number of hydrogen-bond acceptors (Lipinski definition) is 3. The highest BCUT2D eigenvalue weighted by atomic mass is 16.2. The second-order valence-electron chi connectivity index (χ2n) is 5.97. The fourth-order valence-electron chi connectivity index (χ4n) is 2.65. The summed E-state index contributed by atoms with van der Waals surface area (Å²) in [5, 5.41) is 0. The molecule has 1 heterocycles. The lowest BCUT2D eigenvalue weighted by Crippen LogP contribution is -2.26. The molecule has 3 aromatic rings. The molecule has 4 heteroatoms. The number of carbonyl (C=O) groups is 1. The van der Waals surface area contributed by atoms with E-state index in [9.17, 15) is 4.79 Å². The van der Waals surface area contributed by atoms with Crippen LogP contribution in [0.5, 0.6) is 0 Å². The summed E-state index contributed by atoms with van der Waals surface area (Å²) in [5.74, 6) is 0.672. The van der Waals surface area contributed by atoms with Crippen LogP contribution in [0.2, 0.25) is 0 Å². The van der Waals surface area contributed by atoms with Gasteiger partial charge in [-0.2, -0.15) is 0 Å². The van der Waals surface area contributed by atoms with Gasteiger partial charge in [0.05, 0.1) is 5.56 Å². The Hall–Kier alpha value is -3.01. The van der Waals surface area contributed by atoms with Crippen LogP contribution in [0, 0.1) is 0 Å². The van der Waals surface area contributed by atoms with E-state index in [0.717, 1.165) is 17.8 Å². The van der Waals surface area contributed by atoms with Gasteiger partial charge < -0.3 is 4.90 Å². The van der Waals surface area contributed by atoms with Crippen molar-refractivity contribution in [2.75, 3.05) is 7.05 Å². The van der Waals surface area contributed by atoms with E-state index in [-0.39, 0.29) is 5.91 Å². The van der Waals surface area contributed by atoms with Gasteiger partial charge in [-0.15, -0.1) is 0 Å². The zero-order chi connectivity index (χ0) is 17.6. The second-order valence-corrected chi connectivity index (χ2v) is 5.97. The Morgan fingerprint density at radius 1 is 0.920 bits per heavy atom. The molecule has 0 aliphatic carbocycles. The minimum Gasteiger partial charge on any atom is -0.337 e. The number of nitrogens with zero attached hydrogens (tertiary/aromatic N) is 3. The zero-order valence-electron chi connectivity index (χ0n) is 14.5. The van der Waals surface area contributed by atoms with Crippen molar-refractivity contribution in [3.63, 3.8) is 0 Å². The maximum Gasteiger partial charge on any atom is 0.257 e. The first kappa shape index (κ1) is 16.8. The molecule has 0 aliphatic rings. The van der Waals surface area contributed by atoms with E-state index < -0.39 is 0 Å². The van der Waals surface area contributed by atoms with E-state index in [4.69, 9.17) is 0 Å². The molecule has 0 bridgehead atoms. The monoisotopic (exact) mass is 331 g/mol. The van der Waals surface area contributed by atoms with Gasteiger partial charge in [0.1, 0.15) is 5.82 Å². The summed E-state index contributed by atoms with van der Waals surface area (Å²) in [6.07, 6.45) is 3.96. The Balaban J connectivity index is 1.67. The molecule has 0 N–H and O–H groups in total. The third-order valence-corrected chi connectivity index (χ3v) is 4.10. The minimum atomic E-state index is -0.0743. The molecule has 1 aromatic heterocycles. The lowest BCUT2D eigenvalue weighted by Gasteiger charge is -2.17. The van der Waals surface area contributed by atoms with Crippen LogP contribution < -0.4 is 0 Å². The molecule has 0 unspecified atom stereocenters. The molecule has 4 nitrogen and oxygen atoms in total. The van der Waals surface area contributed by atoms with Gasteiger partial charge >= 0.3 is 0 Å². The number of benzene rings is 2. The highest BCUT2D eigenvalue weighted by molar-refractivity contribution is 5.93. The highest BCUT2D eigenvalue weighted by Crippen LogP contribution is 2.19. The fourth-order valence-corrected chi connectivity index (χ4v) is 2.65. The van der Waals surface area contributed by atoms with Crippen molar-refractivity contribution in [1.82, 2.24) is 14.9 Å². The molecule has 1 amide bonds. The number of carbonyl (C=O) groups excluding carboxylic acids is 1. The van der Waals surface area contributed by atoms with Gasteiger partial charge in [0.15, 0.2) is 0 Å². The third-order valence-electron chi connectivity index (χ3n) is 4.10. The fraction of sp³-hybridized carbons (Fsp3) is 0.190. The Morgan fingerprint density at radius 3 is 2.12 bits per heavy atom. The van der Waals surface area contributed by atoms with Gasteiger partial charge in [-0.25, -0.2) is 9.97 Å². The number of rotatable bonds is 5. The van der Waals surface area contributed by atoms with E-state index in [1.54, 1.807) is 24.3 Å². The van der Waals surface area contributed by atoms with Gasteiger partial charge in [0.2, 0.25) is 0 Å². The Labute approximate surface area is 148 Å². The summed E-state index contributed by atoms with van der Waals surface area (Å²) in [6.45, 7) is 2.53. The Bertz CT molecular complexity index is 827. The Kier molecular flexibility index (Phi) is 5.19. The first-order valence-corrected chi connectivity index (χ1v) is 8.38. The van der Waals surface area contributed by atoms with Gasteiger partial charge in [-0.1, -0.05) is 61.5 Å². The van der Waals surface area contributed by atoms with Crippen molar-refractivity contribution < 1.29 is 4.79 Å². The SMILES string of the molecule is CCc1ncc(C(=O)N(C)Cc2ccc(-c3ccccc3)cc2)cn1. The first-order valence-electron chi connectivity index (χ1n) is 8.38. The second kappa shape index (κ2) is 7.71. The van der Waals surface area contributed by atoms with E-state index in [1.165, 1.54) is 11.1 Å². The lowest BCUT2D eigenvalue weighted by atomic mass is 10.0. The number of hydrogen-bond donors (Lipinski definition) is 0. The standard InChI is InChI=1S/C21H21N3O/c1-3-20-22-13-19(14-23-20)21(25)24(2)15-16-9-11-18(12-10-16)17-7-5-4-6-8-17/h4-14H,3,15H2,1-2H3. The molecule has 0 fully saturated rings. The van der Waals surface area contributed by atoms with Crippen LogP contribution >= 0.6 is 0 Å². The molecular weight excluding hydrogens is 310 g/mol. The molecule has 25 heavy (non-hydrogen) atoms. The molecule has 126 valence electrons. The van der Waals surface area contributed by atoms with Gasteiger partial charge in [-0.3, -0.25) is 4.79 Å².